The zero-order chi connectivity index (χ0) is 15.5. The van der Waals surface area contributed by atoms with Gasteiger partial charge in [-0.15, -0.1) is 0 Å². The Kier molecular flexibility index (Phi) is 5.76. The first-order chi connectivity index (χ1) is 9.19. The molecule has 2 N–H and O–H groups in total. The normalized spacial score (nSPS) is 13.2. The molecule has 9 heteroatoms. The quantitative estimate of drug-likeness (QED) is 0.777. The second-order valence-electron chi connectivity index (χ2n) is 4.00. The molecule has 0 aliphatic rings. The van der Waals surface area contributed by atoms with Gasteiger partial charge >= 0.3 is 5.97 Å². The molecule has 1 aromatic rings. The average Bonchev–Trinajstić information content (AvgIpc) is 2.33. The molecule has 0 saturated heterocycles. The summed E-state index contributed by atoms with van der Waals surface area (Å²) in [7, 11) is -4.13. The van der Waals surface area contributed by atoms with Crippen LogP contribution in [-0.4, -0.2) is 25.5 Å². The lowest BCUT2D eigenvalue weighted by molar-refractivity contribution is -0.137. The van der Waals surface area contributed by atoms with Crippen molar-refractivity contribution in [2.24, 2.45) is 0 Å². The number of halogens is 3. The van der Waals surface area contributed by atoms with Crippen LogP contribution in [0.3, 0.4) is 0 Å². The highest BCUT2D eigenvalue weighted by atomic mass is 35.5. The minimum Gasteiger partial charge on any atom is -0.481 e. The van der Waals surface area contributed by atoms with Gasteiger partial charge in [-0.05, 0) is 18.6 Å². The van der Waals surface area contributed by atoms with Crippen LogP contribution in [0.2, 0.25) is 10.0 Å². The van der Waals surface area contributed by atoms with Crippen LogP contribution >= 0.6 is 23.2 Å². The van der Waals surface area contributed by atoms with Gasteiger partial charge < -0.3 is 5.11 Å². The van der Waals surface area contributed by atoms with Gasteiger partial charge in [-0.25, -0.2) is 17.5 Å². The fourth-order valence-corrected chi connectivity index (χ4v) is 3.54. The zero-order valence-electron chi connectivity index (χ0n) is 10.4. The van der Waals surface area contributed by atoms with E-state index < -0.39 is 37.8 Å². The van der Waals surface area contributed by atoms with Gasteiger partial charge in [0, 0.05) is 6.04 Å². The minimum absolute atomic E-state index is 0.263. The van der Waals surface area contributed by atoms with Crippen LogP contribution in [0.25, 0.3) is 0 Å². The molecule has 0 saturated carbocycles. The van der Waals surface area contributed by atoms with Crippen molar-refractivity contribution in [2.75, 3.05) is 0 Å². The summed E-state index contributed by atoms with van der Waals surface area (Å²) in [5.41, 5.74) is 0. The van der Waals surface area contributed by atoms with E-state index in [0.717, 1.165) is 12.1 Å². The van der Waals surface area contributed by atoms with Gasteiger partial charge in [-0.1, -0.05) is 30.1 Å². The number of carbonyl (C=O) groups is 1. The van der Waals surface area contributed by atoms with E-state index in [4.69, 9.17) is 28.3 Å². The number of carboxylic acids is 1. The number of nitrogens with one attached hydrogen (secondary N) is 1. The third-order valence-corrected chi connectivity index (χ3v) is 4.86. The maximum Gasteiger partial charge on any atom is 0.304 e. The Morgan fingerprint density at radius 3 is 2.55 bits per heavy atom. The molecule has 0 radical (unpaired) electrons. The SMILES string of the molecule is CCC(CC(=O)O)NS(=O)(=O)c1ccc(Cl)c(F)c1Cl. The van der Waals surface area contributed by atoms with Crippen molar-refractivity contribution >= 4 is 39.2 Å². The maximum absolute atomic E-state index is 13.5. The van der Waals surface area contributed by atoms with Crippen molar-refractivity contribution in [1.29, 1.82) is 0 Å². The van der Waals surface area contributed by atoms with Crippen LogP contribution in [0.1, 0.15) is 19.8 Å². The lowest BCUT2D eigenvalue weighted by Gasteiger charge is -2.16. The Labute approximate surface area is 125 Å². The second kappa shape index (κ2) is 6.71. The number of hydrogen-bond acceptors (Lipinski definition) is 3. The monoisotopic (exact) mass is 343 g/mol. The molecule has 1 aromatic carbocycles. The summed E-state index contributed by atoms with van der Waals surface area (Å²) in [5, 5.41) is 7.75. The predicted molar refractivity (Wildman–Crippen MR) is 73.1 cm³/mol. The number of hydrogen-bond donors (Lipinski definition) is 2. The van der Waals surface area contributed by atoms with Gasteiger partial charge in [0.2, 0.25) is 10.0 Å². The van der Waals surface area contributed by atoms with E-state index in [1.807, 2.05) is 0 Å². The fourth-order valence-electron chi connectivity index (χ4n) is 1.48. The molecule has 20 heavy (non-hydrogen) atoms. The van der Waals surface area contributed by atoms with Crippen LogP contribution in [0.15, 0.2) is 17.0 Å². The molecule has 0 aromatic heterocycles. The first-order valence-electron chi connectivity index (χ1n) is 5.56. The van der Waals surface area contributed by atoms with Gasteiger partial charge in [-0.3, -0.25) is 4.79 Å². The van der Waals surface area contributed by atoms with Gasteiger partial charge in [0.1, 0.15) is 4.90 Å². The van der Waals surface area contributed by atoms with Crippen LogP contribution in [-0.2, 0) is 14.8 Å². The largest absolute Gasteiger partial charge is 0.481 e. The first kappa shape index (κ1) is 17.2. The molecule has 0 spiro atoms. The van der Waals surface area contributed by atoms with E-state index in [9.17, 15) is 17.6 Å². The molecule has 0 heterocycles. The van der Waals surface area contributed by atoms with Gasteiger partial charge in [0.05, 0.1) is 16.5 Å². The number of rotatable bonds is 6. The fraction of sp³-hybridized carbons (Fsp3) is 0.364. The Morgan fingerprint density at radius 2 is 2.05 bits per heavy atom. The summed E-state index contributed by atoms with van der Waals surface area (Å²) in [5.74, 6) is -2.18. The van der Waals surface area contributed by atoms with Crippen LogP contribution in [0, 0.1) is 5.82 Å². The van der Waals surface area contributed by atoms with Gasteiger partial charge in [-0.2, -0.15) is 0 Å². The van der Waals surface area contributed by atoms with E-state index in [2.05, 4.69) is 4.72 Å². The van der Waals surface area contributed by atoms with E-state index in [1.165, 1.54) is 0 Å². The highest BCUT2D eigenvalue weighted by molar-refractivity contribution is 7.89. The Balaban J connectivity index is 3.11. The van der Waals surface area contributed by atoms with Crippen molar-refractivity contribution in [2.45, 2.75) is 30.7 Å². The molecular weight excluding hydrogens is 332 g/mol. The topological polar surface area (TPSA) is 83.5 Å². The molecule has 0 bridgehead atoms. The van der Waals surface area contributed by atoms with Crippen molar-refractivity contribution in [1.82, 2.24) is 4.72 Å². The lowest BCUT2D eigenvalue weighted by Crippen LogP contribution is -2.36. The summed E-state index contributed by atoms with van der Waals surface area (Å²) in [6.07, 6.45) is -0.122. The third-order valence-electron chi connectivity index (χ3n) is 2.52. The molecule has 5 nitrogen and oxygen atoms in total. The van der Waals surface area contributed by atoms with E-state index in [1.54, 1.807) is 6.92 Å². The van der Waals surface area contributed by atoms with Crippen LogP contribution in [0.4, 0.5) is 4.39 Å². The molecule has 112 valence electrons. The molecule has 1 atom stereocenters. The Bertz CT molecular complexity index is 621. The average molecular weight is 344 g/mol. The summed E-state index contributed by atoms with van der Waals surface area (Å²) in [4.78, 5) is 10.1. The number of carboxylic acid groups (broad SMARTS) is 1. The summed E-state index contributed by atoms with van der Waals surface area (Å²) in [6, 6.07) is 1.31. The van der Waals surface area contributed by atoms with E-state index in [-0.39, 0.29) is 17.9 Å². The first-order valence-corrected chi connectivity index (χ1v) is 7.80. The molecule has 0 amide bonds. The van der Waals surface area contributed by atoms with Crippen LogP contribution in [0.5, 0.6) is 0 Å². The lowest BCUT2D eigenvalue weighted by atomic mass is 10.2. The van der Waals surface area contributed by atoms with Crippen LogP contribution < -0.4 is 4.72 Å². The summed E-state index contributed by atoms with van der Waals surface area (Å²) in [6.45, 7) is 1.63. The predicted octanol–water partition coefficient (Wildman–Crippen LogP) is 2.66. The number of sulfonamides is 1. The molecular formula is C11H12Cl2FNO4S. The summed E-state index contributed by atoms with van der Waals surface area (Å²) < 4.78 is 39.8. The Morgan fingerprint density at radius 1 is 1.45 bits per heavy atom. The molecule has 0 fully saturated rings. The highest BCUT2D eigenvalue weighted by Gasteiger charge is 2.25. The Hall–Kier alpha value is -0.890. The third kappa shape index (κ3) is 4.05. The van der Waals surface area contributed by atoms with E-state index in [0.29, 0.717) is 0 Å². The van der Waals surface area contributed by atoms with Gasteiger partial charge in [0.15, 0.2) is 5.82 Å². The maximum atomic E-state index is 13.5. The molecule has 0 aliphatic heterocycles. The number of benzene rings is 1. The highest BCUT2D eigenvalue weighted by Crippen LogP contribution is 2.29. The van der Waals surface area contributed by atoms with E-state index >= 15 is 0 Å². The molecule has 1 rings (SSSR count). The molecule has 1 unspecified atom stereocenters. The number of aliphatic carboxylic acids is 1. The van der Waals surface area contributed by atoms with Gasteiger partial charge in [0.25, 0.3) is 0 Å². The zero-order valence-corrected chi connectivity index (χ0v) is 12.7. The minimum atomic E-state index is -4.13. The molecule has 0 aliphatic carbocycles. The summed E-state index contributed by atoms with van der Waals surface area (Å²) >= 11 is 11.1. The van der Waals surface area contributed by atoms with Crippen molar-refractivity contribution < 1.29 is 22.7 Å². The standard InChI is InChI=1S/C11H12Cl2FNO4S/c1-2-6(5-9(16)17)15-20(18,19)8-4-3-7(12)11(14)10(8)13/h3-4,6,15H,2,5H2,1H3,(H,16,17). The van der Waals surface area contributed by atoms with Crippen molar-refractivity contribution in [3.63, 3.8) is 0 Å². The van der Waals surface area contributed by atoms with Crippen molar-refractivity contribution in [3.8, 4) is 0 Å². The van der Waals surface area contributed by atoms with Crippen molar-refractivity contribution in [3.05, 3.63) is 28.0 Å². The smallest absolute Gasteiger partial charge is 0.304 e. The second-order valence-corrected chi connectivity index (χ2v) is 6.47.